The second-order valence-electron chi connectivity index (χ2n) is 15.2. The fraction of sp³-hybridized carbons (Fsp3) is 0.500. The topological polar surface area (TPSA) is 64.1 Å². The summed E-state index contributed by atoms with van der Waals surface area (Å²) in [7, 11) is 0. The van der Waals surface area contributed by atoms with E-state index in [9.17, 15) is 9.18 Å². The van der Waals surface area contributed by atoms with Gasteiger partial charge in [0.1, 0.15) is 5.82 Å². The third kappa shape index (κ3) is 10.8. The van der Waals surface area contributed by atoms with Crippen LogP contribution in [-0.2, 0) is 32.1 Å². The van der Waals surface area contributed by atoms with E-state index in [-0.39, 0.29) is 18.0 Å². The van der Waals surface area contributed by atoms with Gasteiger partial charge in [0.25, 0.3) is 0 Å². The Morgan fingerprint density at radius 2 is 1.67 bits per heavy atom. The summed E-state index contributed by atoms with van der Waals surface area (Å²) < 4.78 is 32.4. The van der Waals surface area contributed by atoms with Crippen molar-refractivity contribution >= 4 is 11.7 Å². The van der Waals surface area contributed by atoms with E-state index in [0.29, 0.717) is 12.2 Å². The Bertz CT molecular complexity index is 1670. The van der Waals surface area contributed by atoms with Gasteiger partial charge in [-0.15, -0.1) is 13.2 Å². The number of piperidine rings is 1. The average Bonchev–Trinajstić information content (AvgIpc) is 3.08. The fourth-order valence-corrected chi connectivity index (χ4v) is 7.01. The summed E-state index contributed by atoms with van der Waals surface area (Å²) in [6.07, 6.45) is 6.36. The molecule has 1 aliphatic heterocycles. The lowest BCUT2D eigenvalue weighted by Gasteiger charge is -2.42. The molecule has 1 aromatic heterocycles. The highest BCUT2D eigenvalue weighted by Crippen LogP contribution is 2.44. The van der Waals surface area contributed by atoms with E-state index in [4.69, 9.17) is 19.2 Å². The summed E-state index contributed by atoms with van der Waals surface area (Å²) in [5.74, 6) is -0.600. The van der Waals surface area contributed by atoms with Crippen molar-refractivity contribution in [1.82, 2.24) is 9.88 Å². The normalized spacial score (nSPS) is 15.1. The highest BCUT2D eigenvalue weighted by molar-refractivity contribution is 5.88. The highest BCUT2D eigenvalue weighted by atomic mass is 19.1. The summed E-state index contributed by atoms with van der Waals surface area (Å²) in [6.45, 7) is 28.0. The Balaban J connectivity index is 1.77. The van der Waals surface area contributed by atoms with Crippen molar-refractivity contribution in [3.63, 3.8) is 0 Å². The Morgan fingerprint density at radius 3 is 2.27 bits per heavy atom. The zero-order valence-corrected chi connectivity index (χ0v) is 32.8. The van der Waals surface area contributed by atoms with Crippen LogP contribution in [0.25, 0.3) is 11.1 Å². The van der Waals surface area contributed by atoms with Gasteiger partial charge in [0.15, 0.2) is 6.10 Å². The number of anilines is 1. The third-order valence-electron chi connectivity index (χ3n) is 9.66. The van der Waals surface area contributed by atoms with Crippen molar-refractivity contribution in [2.24, 2.45) is 0 Å². The molecule has 0 bridgehead atoms. The van der Waals surface area contributed by atoms with Gasteiger partial charge in [-0.2, -0.15) is 0 Å². The second-order valence-corrected chi connectivity index (χ2v) is 15.2. The number of pyridine rings is 1. The summed E-state index contributed by atoms with van der Waals surface area (Å²) >= 11 is 0. The number of carbonyl (C=O) groups excluding carboxylic acids is 1. The monoisotopic (exact) mass is 713 g/mol. The molecule has 4 rings (SSSR count). The molecule has 1 saturated heterocycles. The number of carbonyl (C=O) groups is 1. The predicted octanol–water partition coefficient (Wildman–Crippen LogP) is 9.76. The molecule has 3 aromatic rings. The average molecular weight is 714 g/mol. The summed E-state index contributed by atoms with van der Waals surface area (Å²) in [5.41, 5.74) is 7.39. The van der Waals surface area contributed by atoms with Crippen molar-refractivity contribution in [2.45, 2.75) is 111 Å². The van der Waals surface area contributed by atoms with E-state index >= 15 is 0 Å². The smallest absolute Gasteiger partial charge is 0.340 e. The molecule has 2 aromatic carbocycles. The van der Waals surface area contributed by atoms with Crippen LogP contribution in [0.5, 0.6) is 0 Å². The number of allylic oxidation sites excluding steroid dienone is 1. The molecule has 0 amide bonds. The molecule has 0 saturated carbocycles. The Morgan fingerprint density at radius 1 is 1.02 bits per heavy atom. The number of rotatable bonds is 17. The van der Waals surface area contributed by atoms with Crippen molar-refractivity contribution < 1.29 is 23.4 Å². The lowest BCUT2D eigenvalue weighted by molar-refractivity contribution is -0.166. The summed E-state index contributed by atoms with van der Waals surface area (Å²) in [4.78, 5) is 23.5. The molecule has 1 aliphatic rings. The zero-order valence-electron chi connectivity index (χ0n) is 32.8. The van der Waals surface area contributed by atoms with Gasteiger partial charge >= 0.3 is 5.97 Å². The lowest BCUT2D eigenvalue weighted by atomic mass is 9.89. The first-order chi connectivity index (χ1) is 24.7. The van der Waals surface area contributed by atoms with Gasteiger partial charge in [-0.3, -0.25) is 9.88 Å². The molecule has 7 nitrogen and oxygen atoms in total. The van der Waals surface area contributed by atoms with Gasteiger partial charge in [0.05, 0.1) is 30.1 Å². The Labute approximate surface area is 311 Å². The number of ether oxygens (including phenoxy) is 3. The maximum Gasteiger partial charge on any atom is 0.340 e. The van der Waals surface area contributed by atoms with Crippen LogP contribution >= 0.6 is 0 Å². The Kier molecular flexibility index (Phi) is 14.4. The van der Waals surface area contributed by atoms with Crippen molar-refractivity contribution in [1.29, 1.82) is 0 Å². The van der Waals surface area contributed by atoms with Gasteiger partial charge in [-0.25, -0.2) is 9.18 Å². The number of halogens is 1. The molecule has 282 valence electrons. The molecule has 0 spiro atoms. The van der Waals surface area contributed by atoms with Crippen LogP contribution in [0.4, 0.5) is 10.1 Å². The SMILES string of the molecule is C=CCCCN(Cc1ccc(-c2c(C)nc(C)c([C@H](OC(C)(C)C)C(=O)OCC)c2N2CCC(C)(OCC=C)CC2)cc1)Cc1ccc(F)c(C)c1. The maximum absolute atomic E-state index is 14.0. The van der Waals surface area contributed by atoms with Crippen LogP contribution < -0.4 is 4.90 Å². The molecular weight excluding hydrogens is 653 g/mol. The number of aromatic nitrogens is 1. The molecule has 52 heavy (non-hydrogen) atoms. The molecular formula is C44H60FN3O4. The third-order valence-corrected chi connectivity index (χ3v) is 9.66. The molecule has 1 fully saturated rings. The molecule has 0 unspecified atom stereocenters. The quantitative estimate of drug-likeness (QED) is 0.0784. The largest absolute Gasteiger partial charge is 0.464 e. The summed E-state index contributed by atoms with van der Waals surface area (Å²) in [5, 5.41) is 0. The van der Waals surface area contributed by atoms with E-state index < -0.39 is 17.7 Å². The number of aryl methyl sites for hydroxylation is 3. The number of hydrogen-bond acceptors (Lipinski definition) is 7. The van der Waals surface area contributed by atoms with Gasteiger partial charge in [0, 0.05) is 48.7 Å². The van der Waals surface area contributed by atoms with Gasteiger partial charge in [0.2, 0.25) is 0 Å². The van der Waals surface area contributed by atoms with Gasteiger partial charge in [-0.05, 0) is 116 Å². The van der Waals surface area contributed by atoms with Crippen molar-refractivity contribution in [2.75, 3.05) is 37.7 Å². The Hall–Kier alpha value is -3.85. The highest BCUT2D eigenvalue weighted by Gasteiger charge is 2.38. The first kappa shape index (κ1) is 40.9. The van der Waals surface area contributed by atoms with Gasteiger partial charge < -0.3 is 19.1 Å². The number of esters is 1. The van der Waals surface area contributed by atoms with Crippen LogP contribution in [0.2, 0.25) is 0 Å². The molecule has 0 aliphatic carbocycles. The molecule has 8 heteroatoms. The van der Waals surface area contributed by atoms with Crippen molar-refractivity contribution in [3.05, 3.63) is 107 Å². The standard InChI is InChI=1S/C44H60FN3O4/c1-11-14-15-24-47(30-35-18-21-37(45)31(4)28-35)29-34-16-19-36(20-17-34)38-32(5)46-33(6)39(41(42(49)50-13-3)52-43(7,8)9)40(38)48-25-22-44(10,23-26-48)51-27-12-2/h11-12,16-21,28,41H,1-2,13-15,22-27,29-30H2,3-10H3/t41-/m0/s1. The van der Waals surface area contributed by atoms with Crippen LogP contribution in [0.15, 0.2) is 67.8 Å². The van der Waals surface area contributed by atoms with E-state index in [0.717, 1.165) is 97.7 Å². The van der Waals surface area contributed by atoms with Crippen molar-refractivity contribution in [3.8, 4) is 11.1 Å². The van der Waals surface area contributed by atoms with Crippen LogP contribution in [0, 0.1) is 26.6 Å². The number of benzene rings is 2. The molecule has 0 radical (unpaired) electrons. The molecule has 1 atom stereocenters. The van der Waals surface area contributed by atoms with E-state index in [1.807, 2.05) is 66.7 Å². The van der Waals surface area contributed by atoms with Gasteiger partial charge in [-0.1, -0.05) is 48.6 Å². The first-order valence-corrected chi connectivity index (χ1v) is 18.7. The second kappa shape index (κ2) is 18.3. The molecule has 0 N–H and O–H groups in total. The summed E-state index contributed by atoms with van der Waals surface area (Å²) in [6, 6.07) is 14.1. The first-order valence-electron chi connectivity index (χ1n) is 18.7. The van der Waals surface area contributed by atoms with E-state index in [2.05, 4.69) is 54.1 Å². The predicted molar refractivity (Wildman–Crippen MR) is 210 cm³/mol. The van der Waals surface area contributed by atoms with Crippen LogP contribution in [0.3, 0.4) is 0 Å². The van der Waals surface area contributed by atoms with E-state index in [1.165, 1.54) is 5.56 Å². The maximum atomic E-state index is 14.0. The number of unbranched alkanes of at least 4 members (excludes halogenated alkanes) is 1. The minimum Gasteiger partial charge on any atom is -0.464 e. The van der Waals surface area contributed by atoms with Crippen LogP contribution in [-0.4, -0.2) is 59.9 Å². The number of hydrogen-bond donors (Lipinski definition) is 0. The fourth-order valence-electron chi connectivity index (χ4n) is 7.01. The minimum atomic E-state index is -0.953. The number of nitrogens with zero attached hydrogens (tertiary/aromatic N) is 3. The lowest BCUT2D eigenvalue weighted by Crippen LogP contribution is -2.45. The zero-order chi connectivity index (χ0) is 38.1. The van der Waals surface area contributed by atoms with Crippen LogP contribution in [0.1, 0.15) is 100 Å². The molecule has 2 heterocycles. The minimum absolute atomic E-state index is 0.181. The van der Waals surface area contributed by atoms with E-state index in [1.54, 1.807) is 12.1 Å².